The Hall–Kier alpha value is -3.15. The molecule has 3 aromatic heterocycles. The van der Waals surface area contributed by atoms with Crippen molar-refractivity contribution in [1.82, 2.24) is 24.6 Å². The number of furan rings is 1. The molecule has 0 saturated carbocycles. The van der Waals surface area contributed by atoms with Crippen molar-refractivity contribution >= 4 is 29.0 Å². The monoisotopic (exact) mass is 511 g/mol. The smallest absolute Gasteiger partial charge is 0.273 e. The van der Waals surface area contributed by atoms with Crippen molar-refractivity contribution in [2.75, 3.05) is 20.2 Å². The Morgan fingerprint density at radius 2 is 1.97 bits per heavy atom. The predicted octanol–water partition coefficient (Wildman–Crippen LogP) is 4.53. The first-order valence-electron chi connectivity index (χ1n) is 11.2. The second kappa shape index (κ2) is 10.2. The number of carbonyl (C=O) groups is 1. The molecule has 1 aromatic carbocycles. The molecular formula is C24H25N5O4S2. The third-order valence-corrected chi connectivity index (χ3v) is 7.48. The van der Waals surface area contributed by atoms with Crippen molar-refractivity contribution < 1.29 is 18.7 Å². The molecule has 1 fully saturated rings. The zero-order valence-electron chi connectivity index (χ0n) is 19.6. The van der Waals surface area contributed by atoms with Crippen LogP contribution in [0.15, 0.2) is 57.6 Å². The molecule has 4 heterocycles. The number of para-hydroxylation sites is 2. The maximum Gasteiger partial charge on any atom is 0.273 e. The third-order valence-electron chi connectivity index (χ3n) is 5.50. The highest BCUT2D eigenvalue weighted by Crippen LogP contribution is 2.34. The lowest BCUT2D eigenvalue weighted by Crippen LogP contribution is -2.48. The number of ether oxygens (including phenoxy) is 2. The Morgan fingerprint density at radius 3 is 2.71 bits per heavy atom. The van der Waals surface area contributed by atoms with Gasteiger partial charge in [-0.05, 0) is 38.1 Å². The van der Waals surface area contributed by atoms with Crippen molar-refractivity contribution in [3.05, 3.63) is 58.7 Å². The summed E-state index contributed by atoms with van der Waals surface area (Å²) in [5, 5.41) is 12.1. The Balaban J connectivity index is 1.37. The highest BCUT2D eigenvalue weighted by Gasteiger charge is 2.28. The molecule has 4 aromatic rings. The number of aromatic nitrogens is 4. The summed E-state index contributed by atoms with van der Waals surface area (Å²) in [4.78, 5) is 19.4. The lowest BCUT2D eigenvalue weighted by molar-refractivity contribution is -0.0587. The van der Waals surface area contributed by atoms with E-state index in [4.69, 9.17) is 13.9 Å². The van der Waals surface area contributed by atoms with Gasteiger partial charge in [0.2, 0.25) is 5.82 Å². The molecule has 0 N–H and O–H groups in total. The van der Waals surface area contributed by atoms with Crippen LogP contribution in [0.4, 0.5) is 0 Å². The fourth-order valence-corrected chi connectivity index (χ4v) is 5.80. The molecule has 9 nitrogen and oxygen atoms in total. The van der Waals surface area contributed by atoms with E-state index >= 15 is 0 Å². The van der Waals surface area contributed by atoms with E-state index in [9.17, 15) is 4.79 Å². The van der Waals surface area contributed by atoms with Gasteiger partial charge >= 0.3 is 0 Å². The van der Waals surface area contributed by atoms with Crippen LogP contribution >= 0.6 is 23.1 Å². The Bertz CT molecular complexity index is 1290. The van der Waals surface area contributed by atoms with E-state index in [1.807, 2.05) is 65.1 Å². The van der Waals surface area contributed by atoms with Crippen LogP contribution in [0, 0.1) is 0 Å². The van der Waals surface area contributed by atoms with Crippen LogP contribution < -0.4 is 4.74 Å². The first-order valence-corrected chi connectivity index (χ1v) is 13.0. The molecule has 2 unspecified atom stereocenters. The van der Waals surface area contributed by atoms with E-state index in [-0.39, 0.29) is 18.1 Å². The SMILES string of the molecule is COc1ccccc1-n1c(SCc2nc(C(=O)N3CC(C)OC(C)C3)cs2)nnc1-c1ccco1. The van der Waals surface area contributed by atoms with Crippen LogP contribution in [0.5, 0.6) is 5.75 Å². The van der Waals surface area contributed by atoms with E-state index in [2.05, 4.69) is 15.2 Å². The second-order valence-corrected chi connectivity index (χ2v) is 10.1. The van der Waals surface area contributed by atoms with Crippen LogP contribution in [0.1, 0.15) is 29.3 Å². The van der Waals surface area contributed by atoms with E-state index in [1.165, 1.54) is 23.1 Å². The maximum absolute atomic E-state index is 13.0. The largest absolute Gasteiger partial charge is 0.495 e. The number of methoxy groups -OCH3 is 1. The molecular weight excluding hydrogens is 486 g/mol. The molecule has 1 aliphatic rings. The lowest BCUT2D eigenvalue weighted by atomic mass is 10.2. The van der Waals surface area contributed by atoms with E-state index in [1.54, 1.807) is 13.4 Å². The molecule has 0 aliphatic carbocycles. The van der Waals surface area contributed by atoms with E-state index in [0.29, 0.717) is 47.0 Å². The van der Waals surface area contributed by atoms with Gasteiger partial charge in [-0.1, -0.05) is 23.9 Å². The fourth-order valence-electron chi connectivity index (χ4n) is 4.07. The van der Waals surface area contributed by atoms with Gasteiger partial charge in [0.1, 0.15) is 16.5 Å². The first-order chi connectivity index (χ1) is 17.0. The summed E-state index contributed by atoms with van der Waals surface area (Å²) in [5.41, 5.74) is 1.27. The summed E-state index contributed by atoms with van der Waals surface area (Å²) in [6, 6.07) is 11.3. The highest BCUT2D eigenvalue weighted by molar-refractivity contribution is 7.98. The van der Waals surface area contributed by atoms with Crippen LogP contribution in [0.3, 0.4) is 0 Å². The van der Waals surface area contributed by atoms with Crippen LogP contribution in [-0.4, -0.2) is 63.0 Å². The number of rotatable bonds is 7. The van der Waals surface area contributed by atoms with Gasteiger partial charge in [-0.2, -0.15) is 0 Å². The number of amides is 1. The Morgan fingerprint density at radius 1 is 1.17 bits per heavy atom. The standard InChI is InChI=1S/C24H25N5O4S2/c1-15-11-28(12-16(2)33-15)23(30)17-13-34-21(25-17)14-35-24-27-26-22(20-9-6-10-32-20)29(24)18-7-4-5-8-19(18)31-3/h4-10,13,15-16H,11-12,14H2,1-3H3. The average molecular weight is 512 g/mol. The minimum Gasteiger partial charge on any atom is -0.495 e. The zero-order chi connectivity index (χ0) is 24.4. The summed E-state index contributed by atoms with van der Waals surface area (Å²) in [5.74, 6) is 2.35. The van der Waals surface area contributed by atoms with Gasteiger partial charge < -0.3 is 18.8 Å². The number of hydrogen-bond acceptors (Lipinski definition) is 9. The zero-order valence-corrected chi connectivity index (χ0v) is 21.2. The van der Waals surface area contributed by atoms with Crippen LogP contribution in [-0.2, 0) is 10.5 Å². The van der Waals surface area contributed by atoms with Crippen LogP contribution in [0.25, 0.3) is 17.3 Å². The van der Waals surface area contributed by atoms with Gasteiger partial charge in [0.25, 0.3) is 5.91 Å². The van der Waals surface area contributed by atoms with Gasteiger partial charge in [-0.3, -0.25) is 9.36 Å². The number of thiazole rings is 1. The summed E-state index contributed by atoms with van der Waals surface area (Å²) >= 11 is 2.95. The van der Waals surface area contributed by atoms with Crippen molar-refractivity contribution in [2.24, 2.45) is 0 Å². The maximum atomic E-state index is 13.0. The lowest BCUT2D eigenvalue weighted by Gasteiger charge is -2.34. The normalized spacial score (nSPS) is 18.1. The molecule has 182 valence electrons. The van der Waals surface area contributed by atoms with Crippen molar-refractivity contribution in [2.45, 2.75) is 37.0 Å². The molecule has 1 saturated heterocycles. The molecule has 0 spiro atoms. The number of hydrogen-bond donors (Lipinski definition) is 0. The predicted molar refractivity (Wildman–Crippen MR) is 133 cm³/mol. The molecule has 1 amide bonds. The Kier molecular flexibility index (Phi) is 6.89. The Labute approximate surface area is 211 Å². The molecule has 0 radical (unpaired) electrons. The van der Waals surface area contributed by atoms with Gasteiger partial charge in [0.05, 0.1) is 37.0 Å². The minimum absolute atomic E-state index is 0.0149. The average Bonchev–Trinajstić information content (AvgIpc) is 3.62. The minimum atomic E-state index is -0.0585. The summed E-state index contributed by atoms with van der Waals surface area (Å²) in [6.07, 6.45) is 1.63. The fraction of sp³-hybridized carbons (Fsp3) is 0.333. The quantitative estimate of drug-likeness (QED) is 0.334. The van der Waals surface area contributed by atoms with Gasteiger partial charge in [0, 0.05) is 18.5 Å². The topological polar surface area (TPSA) is 95.5 Å². The number of morpholine rings is 1. The summed E-state index contributed by atoms with van der Waals surface area (Å²) in [7, 11) is 1.63. The summed E-state index contributed by atoms with van der Waals surface area (Å²) < 4.78 is 18.8. The molecule has 5 rings (SSSR count). The van der Waals surface area contributed by atoms with Crippen molar-refractivity contribution in [3.8, 4) is 23.0 Å². The number of carbonyl (C=O) groups excluding carboxylic acids is 1. The van der Waals surface area contributed by atoms with E-state index < -0.39 is 0 Å². The number of benzene rings is 1. The second-order valence-electron chi connectivity index (χ2n) is 8.17. The molecule has 0 bridgehead atoms. The molecule has 11 heteroatoms. The van der Waals surface area contributed by atoms with Gasteiger partial charge in [-0.15, -0.1) is 21.5 Å². The molecule has 1 aliphatic heterocycles. The highest BCUT2D eigenvalue weighted by atomic mass is 32.2. The van der Waals surface area contributed by atoms with Crippen molar-refractivity contribution in [1.29, 1.82) is 0 Å². The van der Waals surface area contributed by atoms with Gasteiger partial charge in [0.15, 0.2) is 10.9 Å². The van der Waals surface area contributed by atoms with Crippen molar-refractivity contribution in [3.63, 3.8) is 0 Å². The molecule has 2 atom stereocenters. The first kappa shape index (κ1) is 23.6. The third kappa shape index (κ3) is 4.97. The van der Waals surface area contributed by atoms with E-state index in [0.717, 1.165) is 10.7 Å². The number of nitrogens with zero attached hydrogens (tertiary/aromatic N) is 5. The molecule has 35 heavy (non-hydrogen) atoms. The van der Waals surface area contributed by atoms with Crippen LogP contribution in [0.2, 0.25) is 0 Å². The summed E-state index contributed by atoms with van der Waals surface area (Å²) in [6.45, 7) is 5.10. The van der Waals surface area contributed by atoms with Gasteiger partial charge in [-0.25, -0.2) is 4.98 Å². The number of thioether (sulfide) groups is 1.